The zero-order valence-electron chi connectivity index (χ0n) is 15.3. The van der Waals surface area contributed by atoms with Crippen LogP contribution in [0.4, 0.5) is 11.4 Å². The van der Waals surface area contributed by atoms with E-state index < -0.39 is 0 Å². The minimum Gasteiger partial charge on any atom is -0.497 e. The van der Waals surface area contributed by atoms with Crippen molar-refractivity contribution in [3.8, 4) is 5.75 Å². The molecule has 4 rings (SSSR count). The number of anilines is 2. The van der Waals surface area contributed by atoms with Crippen molar-refractivity contribution in [1.82, 2.24) is 4.98 Å². The van der Waals surface area contributed by atoms with E-state index in [9.17, 15) is 9.59 Å². The molecule has 0 unspecified atom stereocenters. The molecular weight excluding hydrogens is 374 g/mol. The predicted octanol–water partition coefficient (Wildman–Crippen LogP) is 4.50. The highest BCUT2D eigenvalue weighted by Gasteiger charge is 2.18. The number of nitrogens with zero attached hydrogens (tertiary/aromatic N) is 1. The molecule has 0 aliphatic heterocycles. The molecule has 28 heavy (non-hydrogen) atoms. The number of ketones is 1. The van der Waals surface area contributed by atoms with Crippen LogP contribution < -0.4 is 15.8 Å². The van der Waals surface area contributed by atoms with Gasteiger partial charge in [-0.3, -0.25) is 9.59 Å². The third-order valence-electron chi connectivity index (χ3n) is 4.45. The summed E-state index contributed by atoms with van der Waals surface area (Å²) in [7, 11) is 1.61. The van der Waals surface area contributed by atoms with Crippen molar-refractivity contribution in [3.05, 3.63) is 59.0 Å². The largest absolute Gasteiger partial charge is 0.497 e. The zero-order valence-corrected chi connectivity index (χ0v) is 16.1. The van der Waals surface area contributed by atoms with Gasteiger partial charge in [0.15, 0.2) is 5.78 Å². The first-order valence-electron chi connectivity index (χ1n) is 8.55. The first-order chi connectivity index (χ1) is 13.5. The number of methoxy groups -OCH3 is 1. The number of amides is 1. The topological polar surface area (TPSA) is 94.3 Å². The van der Waals surface area contributed by atoms with Crippen molar-refractivity contribution in [2.24, 2.45) is 0 Å². The van der Waals surface area contributed by atoms with Gasteiger partial charge in [0.2, 0.25) is 0 Å². The van der Waals surface area contributed by atoms with Gasteiger partial charge in [0.1, 0.15) is 15.5 Å². The van der Waals surface area contributed by atoms with E-state index in [-0.39, 0.29) is 11.7 Å². The Morgan fingerprint density at radius 2 is 1.96 bits per heavy atom. The van der Waals surface area contributed by atoms with Crippen LogP contribution in [0.3, 0.4) is 0 Å². The molecule has 0 atom stereocenters. The molecule has 2 aromatic heterocycles. The smallest absolute Gasteiger partial charge is 0.267 e. The third kappa shape index (κ3) is 3.16. The molecule has 0 spiro atoms. The lowest BCUT2D eigenvalue weighted by Crippen LogP contribution is -2.12. The maximum atomic E-state index is 12.8. The monoisotopic (exact) mass is 391 g/mol. The quantitative estimate of drug-likeness (QED) is 0.500. The number of Topliss-reactive ketones (excluding diaryl/α,β-unsaturated/α-hetero) is 1. The number of nitrogens with one attached hydrogen (secondary N) is 1. The van der Waals surface area contributed by atoms with Gasteiger partial charge in [0, 0.05) is 22.0 Å². The summed E-state index contributed by atoms with van der Waals surface area (Å²) in [6, 6.07) is 14.3. The Morgan fingerprint density at radius 3 is 2.71 bits per heavy atom. The van der Waals surface area contributed by atoms with Crippen molar-refractivity contribution in [3.63, 3.8) is 0 Å². The maximum absolute atomic E-state index is 12.8. The van der Waals surface area contributed by atoms with Crippen LogP contribution in [0.1, 0.15) is 27.0 Å². The van der Waals surface area contributed by atoms with E-state index in [0.717, 1.165) is 22.0 Å². The van der Waals surface area contributed by atoms with E-state index >= 15 is 0 Å². The molecule has 0 bridgehead atoms. The average Bonchev–Trinajstić information content (AvgIpc) is 3.02. The molecular formula is C21H17N3O3S. The van der Waals surface area contributed by atoms with Gasteiger partial charge in [-0.05, 0) is 43.3 Å². The number of nitrogen functional groups attached to an aromatic ring is 1. The summed E-state index contributed by atoms with van der Waals surface area (Å²) in [5, 5.41) is 4.42. The van der Waals surface area contributed by atoms with Gasteiger partial charge in [0.25, 0.3) is 5.91 Å². The minimum atomic E-state index is -0.331. The minimum absolute atomic E-state index is 0.0659. The molecule has 0 aliphatic carbocycles. The summed E-state index contributed by atoms with van der Waals surface area (Å²) in [4.78, 5) is 30.0. The van der Waals surface area contributed by atoms with Crippen LogP contribution in [0.2, 0.25) is 0 Å². The molecule has 7 heteroatoms. The molecule has 1 amide bonds. The summed E-state index contributed by atoms with van der Waals surface area (Å²) in [5.41, 5.74) is 8.52. The van der Waals surface area contributed by atoms with Crippen LogP contribution in [-0.4, -0.2) is 23.8 Å². The molecule has 2 aromatic carbocycles. The summed E-state index contributed by atoms with van der Waals surface area (Å²) in [6.45, 7) is 1.48. The Balaban J connectivity index is 1.72. The van der Waals surface area contributed by atoms with Crippen molar-refractivity contribution >= 4 is 55.5 Å². The van der Waals surface area contributed by atoms with Crippen LogP contribution in [0.15, 0.2) is 48.5 Å². The highest BCUT2D eigenvalue weighted by molar-refractivity contribution is 7.21. The van der Waals surface area contributed by atoms with Crippen LogP contribution in [0.25, 0.3) is 21.1 Å². The Bertz CT molecular complexity index is 1250. The van der Waals surface area contributed by atoms with E-state index in [1.165, 1.54) is 18.3 Å². The second kappa shape index (κ2) is 6.94. The van der Waals surface area contributed by atoms with E-state index in [1.807, 2.05) is 24.3 Å². The molecule has 3 N–H and O–H groups in total. The standard InChI is InChI=1S/C21H17N3O3S/c1-11(25)12-4-3-5-14(8-12)23-20(26)19-18(22)16-10-13-9-15(27-2)6-7-17(13)24-21(16)28-19/h3-10H,22H2,1-2H3,(H,23,26). The summed E-state index contributed by atoms with van der Waals surface area (Å²) < 4.78 is 5.26. The van der Waals surface area contributed by atoms with Crippen LogP contribution in [0.5, 0.6) is 5.75 Å². The van der Waals surface area contributed by atoms with Crippen molar-refractivity contribution in [2.45, 2.75) is 6.92 Å². The van der Waals surface area contributed by atoms with E-state index in [0.29, 0.717) is 26.6 Å². The predicted molar refractivity (Wildman–Crippen MR) is 112 cm³/mol. The van der Waals surface area contributed by atoms with Crippen molar-refractivity contribution in [1.29, 1.82) is 0 Å². The van der Waals surface area contributed by atoms with Crippen LogP contribution in [-0.2, 0) is 0 Å². The summed E-state index contributed by atoms with van der Waals surface area (Å²) in [5.74, 6) is 0.331. The lowest BCUT2D eigenvalue weighted by atomic mass is 10.1. The zero-order chi connectivity index (χ0) is 19.8. The molecule has 0 aliphatic rings. The summed E-state index contributed by atoms with van der Waals surface area (Å²) >= 11 is 1.24. The van der Waals surface area contributed by atoms with Crippen molar-refractivity contribution in [2.75, 3.05) is 18.2 Å². The lowest BCUT2D eigenvalue weighted by molar-refractivity contribution is 0.101. The van der Waals surface area contributed by atoms with Gasteiger partial charge in [0.05, 0.1) is 18.3 Å². The molecule has 2 heterocycles. The molecule has 140 valence electrons. The van der Waals surface area contributed by atoms with Crippen LogP contribution in [0, 0.1) is 0 Å². The van der Waals surface area contributed by atoms with E-state index in [2.05, 4.69) is 10.3 Å². The third-order valence-corrected chi connectivity index (χ3v) is 5.57. The van der Waals surface area contributed by atoms with Gasteiger partial charge < -0.3 is 15.8 Å². The highest BCUT2D eigenvalue weighted by Crippen LogP contribution is 2.35. The normalized spacial score (nSPS) is 10.9. The summed E-state index contributed by atoms with van der Waals surface area (Å²) in [6.07, 6.45) is 0. The fourth-order valence-electron chi connectivity index (χ4n) is 2.98. The maximum Gasteiger partial charge on any atom is 0.267 e. The number of rotatable bonds is 4. The molecule has 0 saturated heterocycles. The Labute approximate surface area is 164 Å². The number of fused-ring (bicyclic) bond motifs is 2. The fraction of sp³-hybridized carbons (Fsp3) is 0.0952. The fourth-order valence-corrected chi connectivity index (χ4v) is 3.96. The number of nitrogens with two attached hydrogens (primary N) is 1. The number of carbonyl (C=O) groups is 2. The lowest BCUT2D eigenvalue weighted by Gasteiger charge is -2.05. The first-order valence-corrected chi connectivity index (χ1v) is 9.37. The average molecular weight is 391 g/mol. The molecule has 4 aromatic rings. The second-order valence-corrected chi connectivity index (χ2v) is 7.33. The van der Waals surface area contributed by atoms with Gasteiger partial charge in [-0.15, -0.1) is 11.3 Å². The highest BCUT2D eigenvalue weighted by atomic mass is 32.1. The number of aromatic nitrogens is 1. The number of carbonyl (C=O) groups excluding carboxylic acids is 2. The molecule has 0 saturated carbocycles. The number of hydrogen-bond acceptors (Lipinski definition) is 6. The number of benzene rings is 2. The Hall–Kier alpha value is -3.45. The first kappa shape index (κ1) is 17.9. The molecule has 6 nitrogen and oxygen atoms in total. The van der Waals surface area contributed by atoms with Crippen molar-refractivity contribution < 1.29 is 14.3 Å². The Kier molecular flexibility index (Phi) is 4.44. The number of hydrogen-bond donors (Lipinski definition) is 2. The number of thiophene rings is 1. The second-order valence-electron chi connectivity index (χ2n) is 6.34. The van der Waals surface area contributed by atoms with Gasteiger partial charge >= 0.3 is 0 Å². The van der Waals surface area contributed by atoms with E-state index in [1.54, 1.807) is 31.4 Å². The SMILES string of the molecule is COc1ccc2nc3sc(C(=O)Nc4cccc(C(C)=O)c4)c(N)c3cc2c1. The molecule has 0 fully saturated rings. The van der Waals surface area contributed by atoms with E-state index in [4.69, 9.17) is 10.5 Å². The number of ether oxygens (including phenoxy) is 1. The van der Waals surface area contributed by atoms with Gasteiger partial charge in [-0.1, -0.05) is 12.1 Å². The van der Waals surface area contributed by atoms with Crippen LogP contribution >= 0.6 is 11.3 Å². The molecule has 0 radical (unpaired) electrons. The van der Waals surface area contributed by atoms with Gasteiger partial charge in [-0.25, -0.2) is 4.98 Å². The Morgan fingerprint density at radius 1 is 1.14 bits per heavy atom. The van der Waals surface area contributed by atoms with Gasteiger partial charge in [-0.2, -0.15) is 0 Å². The number of pyridine rings is 1.